The third-order valence-corrected chi connectivity index (χ3v) is 4.63. The van der Waals surface area contributed by atoms with E-state index in [1.54, 1.807) is 0 Å². The third kappa shape index (κ3) is 1.98. The molecule has 2 aliphatic heterocycles. The zero-order chi connectivity index (χ0) is 11.9. The number of hydrogen-bond acceptors (Lipinski definition) is 3. The van der Waals surface area contributed by atoms with Crippen LogP contribution in [0.15, 0.2) is 0 Å². The fraction of sp³-hybridized carbons (Fsp3) is 0.929. The van der Waals surface area contributed by atoms with Crippen molar-refractivity contribution in [2.45, 2.75) is 75.8 Å². The van der Waals surface area contributed by atoms with Gasteiger partial charge in [0.15, 0.2) is 0 Å². The van der Waals surface area contributed by atoms with Crippen molar-refractivity contribution in [3.05, 3.63) is 0 Å². The quantitative estimate of drug-likeness (QED) is 0.739. The van der Waals surface area contributed by atoms with Gasteiger partial charge in [0.2, 0.25) is 0 Å². The van der Waals surface area contributed by atoms with Crippen LogP contribution in [0, 0.1) is 17.2 Å². The predicted molar refractivity (Wildman–Crippen MR) is 63.4 cm³/mol. The van der Waals surface area contributed by atoms with Crippen LogP contribution in [0.2, 0.25) is 0 Å². The van der Waals surface area contributed by atoms with Gasteiger partial charge in [-0.05, 0) is 45.4 Å². The number of nitrogens with zero attached hydrogens (tertiary/aromatic N) is 1. The maximum Gasteiger partial charge on any atom is 0.0971 e. The van der Waals surface area contributed by atoms with Gasteiger partial charge >= 0.3 is 0 Å². The number of nitriles is 1. The zero-order valence-corrected chi connectivity index (χ0v) is 10.5. The molecule has 1 aliphatic carbocycles. The monoisotopic (exact) mass is 235 g/mol. The molecule has 0 aromatic rings. The van der Waals surface area contributed by atoms with Crippen LogP contribution in [-0.2, 0) is 9.47 Å². The molecular formula is C14H21NO2. The summed E-state index contributed by atoms with van der Waals surface area (Å²) in [4.78, 5) is 0. The van der Waals surface area contributed by atoms with Crippen LogP contribution in [0.3, 0.4) is 0 Å². The Hall–Kier alpha value is -0.590. The normalized spacial score (nSPS) is 46.0. The Kier molecular flexibility index (Phi) is 2.88. The fourth-order valence-corrected chi connectivity index (χ4v) is 3.84. The highest BCUT2D eigenvalue weighted by Crippen LogP contribution is 2.49. The van der Waals surface area contributed by atoms with Crippen LogP contribution >= 0.6 is 0 Å². The van der Waals surface area contributed by atoms with Gasteiger partial charge in [0, 0.05) is 12.3 Å². The summed E-state index contributed by atoms with van der Waals surface area (Å²) in [5, 5.41) is 8.90. The first-order valence-corrected chi connectivity index (χ1v) is 6.95. The zero-order valence-electron chi connectivity index (χ0n) is 10.5. The molecule has 3 nitrogen and oxygen atoms in total. The Morgan fingerprint density at radius 3 is 3.12 bits per heavy atom. The Morgan fingerprint density at radius 1 is 1.41 bits per heavy atom. The number of rotatable bonds is 2. The first-order chi connectivity index (χ1) is 8.22. The molecule has 3 fully saturated rings. The lowest BCUT2D eigenvalue weighted by Crippen LogP contribution is -2.49. The number of fused-ring (bicyclic) bond motifs is 1. The van der Waals surface area contributed by atoms with E-state index >= 15 is 0 Å². The summed E-state index contributed by atoms with van der Waals surface area (Å²) in [6.45, 7) is 1.99. The average Bonchev–Trinajstić information content (AvgIpc) is 2.58. The van der Waals surface area contributed by atoms with Gasteiger partial charge < -0.3 is 9.47 Å². The Balaban J connectivity index is 1.69. The lowest BCUT2D eigenvalue weighted by Gasteiger charge is -2.43. The maximum absolute atomic E-state index is 8.90. The van der Waals surface area contributed by atoms with Crippen LogP contribution in [-0.4, -0.2) is 23.9 Å². The highest BCUT2D eigenvalue weighted by atomic mass is 16.6. The molecule has 1 saturated carbocycles. The lowest BCUT2D eigenvalue weighted by atomic mass is 9.78. The van der Waals surface area contributed by atoms with Crippen LogP contribution in [0.25, 0.3) is 0 Å². The van der Waals surface area contributed by atoms with E-state index in [9.17, 15) is 0 Å². The third-order valence-electron chi connectivity index (χ3n) is 4.63. The molecule has 0 aromatic heterocycles. The molecule has 0 amide bonds. The molecule has 1 spiro atoms. The summed E-state index contributed by atoms with van der Waals surface area (Å²) in [6, 6.07) is 2.31. The molecule has 94 valence electrons. The SMILES string of the molecule is C[C@@H](C#N)CC1CCC2OC3CCCC2(C3)O1. The van der Waals surface area contributed by atoms with E-state index in [0.29, 0.717) is 12.2 Å². The van der Waals surface area contributed by atoms with Gasteiger partial charge in [-0.25, -0.2) is 0 Å². The summed E-state index contributed by atoms with van der Waals surface area (Å²) in [5.74, 6) is 0.106. The minimum atomic E-state index is 0.0149. The summed E-state index contributed by atoms with van der Waals surface area (Å²) < 4.78 is 12.4. The van der Waals surface area contributed by atoms with Crippen LogP contribution < -0.4 is 0 Å². The second-order valence-electron chi connectivity index (χ2n) is 5.99. The van der Waals surface area contributed by atoms with Crippen molar-refractivity contribution in [1.29, 1.82) is 5.26 Å². The summed E-state index contributed by atoms with van der Waals surface area (Å²) in [6.07, 6.45) is 8.83. The van der Waals surface area contributed by atoms with Crippen LogP contribution in [0.1, 0.15) is 51.9 Å². The molecule has 3 rings (SSSR count). The Labute approximate surface area is 103 Å². The summed E-state index contributed by atoms with van der Waals surface area (Å²) in [7, 11) is 0. The van der Waals surface area contributed by atoms with E-state index in [2.05, 4.69) is 6.07 Å². The molecule has 4 unspecified atom stereocenters. The van der Waals surface area contributed by atoms with Crippen molar-refractivity contribution in [3.8, 4) is 6.07 Å². The van der Waals surface area contributed by atoms with Crippen molar-refractivity contribution in [2.24, 2.45) is 5.92 Å². The van der Waals surface area contributed by atoms with E-state index in [1.807, 2.05) is 6.92 Å². The topological polar surface area (TPSA) is 42.2 Å². The van der Waals surface area contributed by atoms with Gasteiger partial charge in [0.1, 0.15) is 0 Å². The minimum Gasteiger partial charge on any atom is -0.372 e. The molecule has 2 saturated heterocycles. The van der Waals surface area contributed by atoms with Crippen LogP contribution in [0.5, 0.6) is 0 Å². The Bertz CT molecular complexity index is 338. The number of hydrogen-bond donors (Lipinski definition) is 0. The van der Waals surface area contributed by atoms with Crippen molar-refractivity contribution in [3.63, 3.8) is 0 Å². The standard InChI is InChI=1S/C14H21NO2/c1-10(9-15)7-11-4-5-13-14(17-11)6-2-3-12(8-14)16-13/h10-13H,2-8H2,1H3/t10-,11?,12?,13?,14?/m1/s1. The van der Waals surface area contributed by atoms with E-state index < -0.39 is 0 Å². The van der Waals surface area contributed by atoms with E-state index in [4.69, 9.17) is 14.7 Å². The largest absolute Gasteiger partial charge is 0.372 e. The van der Waals surface area contributed by atoms with Gasteiger partial charge in [0.25, 0.3) is 0 Å². The molecule has 17 heavy (non-hydrogen) atoms. The molecule has 0 radical (unpaired) electrons. The molecule has 3 heteroatoms. The predicted octanol–water partition coefficient (Wildman–Crippen LogP) is 2.80. The van der Waals surface area contributed by atoms with Gasteiger partial charge in [0.05, 0.1) is 30.0 Å². The molecular weight excluding hydrogens is 214 g/mol. The average molecular weight is 235 g/mol. The van der Waals surface area contributed by atoms with Crippen molar-refractivity contribution in [1.82, 2.24) is 0 Å². The summed E-state index contributed by atoms with van der Waals surface area (Å²) in [5.41, 5.74) is 0.0149. The maximum atomic E-state index is 8.90. The molecule has 5 atom stereocenters. The van der Waals surface area contributed by atoms with E-state index in [0.717, 1.165) is 32.1 Å². The van der Waals surface area contributed by atoms with Crippen molar-refractivity contribution in [2.75, 3.05) is 0 Å². The second kappa shape index (κ2) is 4.26. The Morgan fingerprint density at radius 2 is 2.29 bits per heavy atom. The molecule has 3 aliphatic rings. The second-order valence-corrected chi connectivity index (χ2v) is 5.99. The van der Waals surface area contributed by atoms with Gasteiger partial charge in [-0.15, -0.1) is 0 Å². The molecule has 2 bridgehead atoms. The fourth-order valence-electron chi connectivity index (χ4n) is 3.84. The van der Waals surface area contributed by atoms with E-state index in [-0.39, 0.29) is 17.6 Å². The number of ether oxygens (including phenoxy) is 2. The minimum absolute atomic E-state index is 0.0149. The summed E-state index contributed by atoms with van der Waals surface area (Å²) >= 11 is 0. The first kappa shape index (κ1) is 11.5. The highest BCUT2D eigenvalue weighted by Gasteiger charge is 2.54. The van der Waals surface area contributed by atoms with Gasteiger partial charge in [-0.1, -0.05) is 0 Å². The van der Waals surface area contributed by atoms with Crippen LogP contribution in [0.4, 0.5) is 0 Å². The van der Waals surface area contributed by atoms with E-state index in [1.165, 1.54) is 12.8 Å². The molecule has 0 N–H and O–H groups in total. The van der Waals surface area contributed by atoms with Gasteiger partial charge in [-0.2, -0.15) is 5.26 Å². The smallest absolute Gasteiger partial charge is 0.0971 e. The van der Waals surface area contributed by atoms with Gasteiger partial charge in [-0.3, -0.25) is 0 Å². The molecule has 0 aromatic carbocycles. The highest BCUT2D eigenvalue weighted by molar-refractivity contribution is 5.04. The lowest BCUT2D eigenvalue weighted by molar-refractivity contribution is -0.168. The first-order valence-electron chi connectivity index (χ1n) is 6.95. The van der Waals surface area contributed by atoms with Crippen molar-refractivity contribution < 1.29 is 9.47 Å². The van der Waals surface area contributed by atoms with Crippen molar-refractivity contribution >= 4 is 0 Å². The molecule has 2 heterocycles.